The predicted molar refractivity (Wildman–Crippen MR) is 76.5 cm³/mol. The average molecular weight is 279 g/mol. The van der Waals surface area contributed by atoms with Gasteiger partial charge in [0.05, 0.1) is 0 Å². The molecule has 2 atom stereocenters. The van der Waals surface area contributed by atoms with Gasteiger partial charge in [-0.15, -0.1) is 0 Å². The van der Waals surface area contributed by atoms with Crippen molar-refractivity contribution in [1.29, 1.82) is 0 Å². The van der Waals surface area contributed by atoms with Gasteiger partial charge in [-0.1, -0.05) is 13.8 Å². The fourth-order valence-electron chi connectivity index (χ4n) is 2.76. The number of likely N-dealkylation sites (tertiary alicyclic amines) is 1. The van der Waals surface area contributed by atoms with Crippen molar-refractivity contribution >= 4 is 17.4 Å². The van der Waals surface area contributed by atoms with Crippen LogP contribution in [0.4, 0.5) is 0 Å². The van der Waals surface area contributed by atoms with E-state index in [0.29, 0.717) is 11.6 Å². The second-order valence-electron chi connectivity index (χ2n) is 5.77. The fraction of sp³-hybridized carbons (Fsp3) is 0.714. The molecule has 1 amide bonds. The summed E-state index contributed by atoms with van der Waals surface area (Å²) in [6, 6.07) is 2.98. The molecule has 1 aromatic rings. The molecule has 1 N–H and O–H groups in total. The van der Waals surface area contributed by atoms with Crippen LogP contribution < -0.4 is 5.32 Å². The van der Waals surface area contributed by atoms with Crippen LogP contribution in [0.5, 0.6) is 0 Å². The zero-order valence-corrected chi connectivity index (χ0v) is 12.4. The summed E-state index contributed by atoms with van der Waals surface area (Å²) in [5.74, 6) is 0.527. The van der Waals surface area contributed by atoms with Crippen molar-refractivity contribution in [3.05, 3.63) is 16.6 Å². The molecule has 3 rings (SSSR count). The number of hydrogen-bond acceptors (Lipinski definition) is 4. The first kappa shape index (κ1) is 13.1. The van der Waals surface area contributed by atoms with Crippen LogP contribution in [0.15, 0.2) is 6.07 Å². The Morgan fingerprint density at radius 3 is 2.95 bits per heavy atom. The van der Waals surface area contributed by atoms with E-state index in [1.165, 1.54) is 29.3 Å². The lowest BCUT2D eigenvalue weighted by Gasteiger charge is -2.16. The predicted octanol–water partition coefficient (Wildman–Crippen LogP) is 1.92. The van der Waals surface area contributed by atoms with Gasteiger partial charge >= 0.3 is 0 Å². The molecule has 0 radical (unpaired) electrons. The Morgan fingerprint density at radius 2 is 2.32 bits per heavy atom. The third-order valence-electron chi connectivity index (χ3n) is 4.16. The zero-order chi connectivity index (χ0) is 13.4. The molecule has 19 heavy (non-hydrogen) atoms. The molecule has 1 aromatic heterocycles. The summed E-state index contributed by atoms with van der Waals surface area (Å²) in [7, 11) is 0. The third-order valence-corrected chi connectivity index (χ3v) is 5.09. The van der Waals surface area contributed by atoms with E-state index in [1.54, 1.807) is 0 Å². The molecule has 5 heteroatoms. The lowest BCUT2D eigenvalue weighted by Crippen LogP contribution is -2.40. The van der Waals surface area contributed by atoms with Gasteiger partial charge in [0.25, 0.3) is 5.91 Å². The number of carbonyl (C=O) groups excluding carboxylic acids is 1. The quantitative estimate of drug-likeness (QED) is 0.916. The molecule has 104 valence electrons. The smallest absolute Gasteiger partial charge is 0.271 e. The minimum atomic E-state index is -0.00885. The van der Waals surface area contributed by atoms with Crippen LogP contribution in [0.1, 0.15) is 42.1 Å². The van der Waals surface area contributed by atoms with Crippen molar-refractivity contribution in [3.8, 4) is 0 Å². The number of amides is 1. The maximum Gasteiger partial charge on any atom is 0.271 e. The van der Waals surface area contributed by atoms with Gasteiger partial charge in [-0.05, 0) is 42.8 Å². The molecule has 1 aliphatic carbocycles. The molecule has 2 fully saturated rings. The van der Waals surface area contributed by atoms with Crippen molar-refractivity contribution in [2.24, 2.45) is 5.92 Å². The molecule has 1 aliphatic heterocycles. The zero-order valence-electron chi connectivity index (χ0n) is 11.6. The molecule has 4 nitrogen and oxygen atoms in total. The fourth-order valence-corrected chi connectivity index (χ4v) is 3.40. The Morgan fingerprint density at radius 1 is 1.53 bits per heavy atom. The Balaban J connectivity index is 1.59. The maximum atomic E-state index is 12.2. The lowest BCUT2D eigenvalue weighted by atomic mass is 10.1. The maximum absolute atomic E-state index is 12.2. The Kier molecular flexibility index (Phi) is 3.58. The van der Waals surface area contributed by atoms with Crippen LogP contribution in [0.3, 0.4) is 0 Å². The van der Waals surface area contributed by atoms with Crippen LogP contribution in [-0.4, -0.2) is 40.4 Å². The molecular formula is C14H21N3OS. The van der Waals surface area contributed by atoms with Gasteiger partial charge in [0.2, 0.25) is 0 Å². The monoisotopic (exact) mass is 279 g/mol. The van der Waals surface area contributed by atoms with E-state index < -0.39 is 0 Å². The second kappa shape index (κ2) is 5.21. The highest BCUT2D eigenvalue weighted by Crippen LogP contribution is 2.31. The van der Waals surface area contributed by atoms with Gasteiger partial charge in [-0.25, -0.2) is 0 Å². The van der Waals surface area contributed by atoms with E-state index in [9.17, 15) is 4.79 Å². The first-order valence-corrected chi connectivity index (χ1v) is 7.95. The summed E-state index contributed by atoms with van der Waals surface area (Å²) in [6.07, 6.45) is 3.61. The summed E-state index contributed by atoms with van der Waals surface area (Å²) in [5.41, 5.74) is 0.582. The van der Waals surface area contributed by atoms with Crippen LogP contribution in [0.2, 0.25) is 0 Å². The number of aromatic nitrogens is 1. The number of rotatable bonds is 4. The normalized spacial score (nSPS) is 27.7. The highest BCUT2D eigenvalue weighted by atomic mass is 32.1. The average Bonchev–Trinajstić information content (AvgIpc) is 3.02. The van der Waals surface area contributed by atoms with Crippen LogP contribution in [0.25, 0.3) is 0 Å². The number of aryl methyl sites for hydroxylation is 1. The Bertz CT molecular complexity index is 469. The van der Waals surface area contributed by atoms with Gasteiger partial charge < -0.3 is 5.32 Å². The lowest BCUT2D eigenvalue weighted by molar-refractivity contribution is 0.0927. The highest BCUT2D eigenvalue weighted by molar-refractivity contribution is 7.05. The van der Waals surface area contributed by atoms with E-state index in [2.05, 4.69) is 28.4 Å². The van der Waals surface area contributed by atoms with E-state index >= 15 is 0 Å². The first-order valence-electron chi connectivity index (χ1n) is 7.18. The van der Waals surface area contributed by atoms with Crippen LogP contribution in [0, 0.1) is 5.92 Å². The molecule has 0 bridgehead atoms. The number of nitrogens with one attached hydrogen (secondary N) is 1. The van der Waals surface area contributed by atoms with E-state index in [4.69, 9.17) is 0 Å². The van der Waals surface area contributed by atoms with E-state index in [1.807, 2.05) is 6.07 Å². The summed E-state index contributed by atoms with van der Waals surface area (Å²) in [4.78, 5) is 15.9. The summed E-state index contributed by atoms with van der Waals surface area (Å²) in [5, 5.41) is 3.16. The van der Waals surface area contributed by atoms with E-state index in [0.717, 1.165) is 25.6 Å². The van der Waals surface area contributed by atoms with Gasteiger partial charge in [0.15, 0.2) is 0 Å². The van der Waals surface area contributed by atoms with Crippen molar-refractivity contribution < 1.29 is 4.79 Å². The largest absolute Gasteiger partial charge is 0.346 e. The molecular weight excluding hydrogens is 258 g/mol. The highest BCUT2D eigenvalue weighted by Gasteiger charge is 2.38. The number of hydrogen-bond donors (Lipinski definition) is 1. The number of carbonyl (C=O) groups is 1. The minimum absolute atomic E-state index is 0.00885. The first-order chi connectivity index (χ1) is 9.17. The molecule has 1 saturated heterocycles. The molecule has 1 saturated carbocycles. The SMILES string of the molecule is CCc1cc(C(=O)N[C@H]2CN(C3CC3)C[C@@H]2C)ns1. The molecule has 0 spiro atoms. The topological polar surface area (TPSA) is 45.2 Å². The molecule has 2 heterocycles. The van der Waals surface area contributed by atoms with Gasteiger partial charge in [0.1, 0.15) is 5.69 Å². The number of nitrogens with zero attached hydrogens (tertiary/aromatic N) is 2. The summed E-state index contributed by atoms with van der Waals surface area (Å²) < 4.78 is 4.24. The van der Waals surface area contributed by atoms with Crippen molar-refractivity contribution in [3.63, 3.8) is 0 Å². The van der Waals surface area contributed by atoms with Crippen LogP contribution >= 0.6 is 11.5 Å². The van der Waals surface area contributed by atoms with Gasteiger partial charge in [-0.3, -0.25) is 9.69 Å². The third kappa shape index (κ3) is 2.82. The Labute approximate surface area is 118 Å². The van der Waals surface area contributed by atoms with Crippen molar-refractivity contribution in [2.75, 3.05) is 13.1 Å². The second-order valence-corrected chi connectivity index (χ2v) is 6.66. The van der Waals surface area contributed by atoms with Crippen LogP contribution in [-0.2, 0) is 6.42 Å². The van der Waals surface area contributed by atoms with Gasteiger partial charge in [0, 0.05) is 30.1 Å². The molecule has 2 aliphatic rings. The summed E-state index contributed by atoms with van der Waals surface area (Å²) >= 11 is 1.43. The summed E-state index contributed by atoms with van der Waals surface area (Å²) in [6.45, 7) is 6.43. The molecule has 0 aromatic carbocycles. The standard InChI is InChI=1S/C14H21N3OS/c1-3-11-6-12(16-19-11)14(18)15-13-8-17(7-9(13)2)10-4-5-10/h6,9-10,13H,3-5,7-8H2,1-2H3,(H,15,18)/t9-,13-/m0/s1. The Hall–Kier alpha value is -0.940. The van der Waals surface area contributed by atoms with E-state index in [-0.39, 0.29) is 11.9 Å². The van der Waals surface area contributed by atoms with Gasteiger partial charge in [-0.2, -0.15) is 4.37 Å². The van der Waals surface area contributed by atoms with Crippen molar-refractivity contribution in [1.82, 2.24) is 14.6 Å². The van der Waals surface area contributed by atoms with Crippen molar-refractivity contribution in [2.45, 2.75) is 45.2 Å². The minimum Gasteiger partial charge on any atom is -0.346 e. The molecule has 0 unspecified atom stereocenters.